The second kappa shape index (κ2) is 2.16. The monoisotopic (exact) mass is 146 g/mol. The molecule has 0 unspecified atom stereocenters. The predicted molar refractivity (Wildman–Crippen MR) is 46.5 cm³/mol. The lowest BCUT2D eigenvalue weighted by atomic mass is 10.3. The van der Waals surface area contributed by atoms with E-state index in [9.17, 15) is 0 Å². The Kier molecular flexibility index (Phi) is 1.28. The average molecular weight is 146 g/mol. The number of nitrogens with zero attached hydrogens (tertiary/aromatic N) is 2. The molecule has 0 saturated heterocycles. The van der Waals surface area contributed by atoms with Gasteiger partial charge in [-0.05, 0) is 12.1 Å². The predicted octanol–water partition coefficient (Wildman–Crippen LogP) is 1.57. The summed E-state index contributed by atoms with van der Waals surface area (Å²) >= 11 is 0. The van der Waals surface area contributed by atoms with Crippen molar-refractivity contribution >= 4 is 11.4 Å². The molecule has 1 aliphatic rings. The third-order valence-corrected chi connectivity index (χ3v) is 1.90. The fourth-order valence-electron chi connectivity index (χ4n) is 1.36. The van der Waals surface area contributed by atoms with Crippen molar-refractivity contribution in [3.8, 4) is 0 Å². The van der Waals surface area contributed by atoms with Crippen LogP contribution in [0.1, 0.15) is 0 Å². The van der Waals surface area contributed by atoms with E-state index in [1.807, 2.05) is 36.0 Å². The Balaban J connectivity index is 2.52. The summed E-state index contributed by atoms with van der Waals surface area (Å²) in [5.41, 5.74) is 2.44. The number of para-hydroxylation sites is 2. The Labute approximate surface area is 67.0 Å². The fraction of sp³-hybridized carbons (Fsp3) is 0.222. The maximum atomic E-state index is 3.15. The zero-order valence-corrected chi connectivity index (χ0v) is 6.70. The molecule has 1 heterocycles. The van der Waals surface area contributed by atoms with E-state index in [4.69, 9.17) is 0 Å². The highest BCUT2D eigenvalue weighted by Gasteiger charge is 2.20. The Hall–Kier alpha value is -1.18. The summed E-state index contributed by atoms with van der Waals surface area (Å²) in [6, 6.07) is 8.25. The van der Waals surface area contributed by atoms with Gasteiger partial charge in [0.25, 0.3) is 0 Å². The molecule has 0 aliphatic carbocycles. The lowest BCUT2D eigenvalue weighted by Crippen LogP contribution is -2.16. The first kappa shape index (κ1) is 6.53. The molecule has 56 valence electrons. The Morgan fingerprint density at radius 1 is 1.00 bits per heavy atom. The molecule has 0 spiro atoms. The van der Waals surface area contributed by atoms with Crippen LogP contribution in [0, 0.1) is 6.67 Å². The molecular weight excluding hydrogens is 136 g/mol. The van der Waals surface area contributed by atoms with Crippen molar-refractivity contribution in [2.75, 3.05) is 23.9 Å². The number of fused-ring (bicyclic) bond motifs is 1. The van der Waals surface area contributed by atoms with Crippen LogP contribution in [0.15, 0.2) is 24.3 Å². The number of benzene rings is 1. The lowest BCUT2D eigenvalue weighted by molar-refractivity contribution is 1.04. The highest BCUT2D eigenvalue weighted by atomic mass is 15.3. The molecule has 0 aromatic heterocycles. The number of hydrogen-bond acceptors (Lipinski definition) is 2. The van der Waals surface area contributed by atoms with Crippen molar-refractivity contribution in [2.45, 2.75) is 0 Å². The standard InChI is InChI=1S/C9H10N2/c1-10-7-11(2)9-6-4-3-5-8(9)10/h3-6H,1-2H3. The van der Waals surface area contributed by atoms with Gasteiger partial charge in [-0.25, -0.2) is 0 Å². The van der Waals surface area contributed by atoms with Crippen LogP contribution in [-0.2, 0) is 0 Å². The number of rotatable bonds is 0. The van der Waals surface area contributed by atoms with Crippen LogP contribution >= 0.6 is 0 Å². The summed E-state index contributed by atoms with van der Waals surface area (Å²) in [6.45, 7) is 3.15. The number of anilines is 2. The Bertz CT molecular complexity index is 243. The molecule has 2 nitrogen and oxygen atoms in total. The topological polar surface area (TPSA) is 6.48 Å². The van der Waals surface area contributed by atoms with Gasteiger partial charge in [-0.1, -0.05) is 12.1 Å². The summed E-state index contributed by atoms with van der Waals surface area (Å²) in [5.74, 6) is 0. The molecule has 0 fully saturated rings. The van der Waals surface area contributed by atoms with Crippen LogP contribution in [0.3, 0.4) is 0 Å². The molecule has 2 heteroatoms. The van der Waals surface area contributed by atoms with Gasteiger partial charge in [-0.2, -0.15) is 0 Å². The van der Waals surface area contributed by atoms with Crippen LogP contribution in [0.25, 0.3) is 0 Å². The van der Waals surface area contributed by atoms with Crippen LogP contribution < -0.4 is 9.80 Å². The van der Waals surface area contributed by atoms with Gasteiger partial charge in [0, 0.05) is 14.1 Å². The molecule has 11 heavy (non-hydrogen) atoms. The van der Waals surface area contributed by atoms with Crippen molar-refractivity contribution in [3.63, 3.8) is 0 Å². The molecule has 0 atom stereocenters. The third-order valence-electron chi connectivity index (χ3n) is 1.90. The summed E-state index contributed by atoms with van der Waals surface area (Å²) in [5, 5.41) is 0. The second-order valence-electron chi connectivity index (χ2n) is 2.71. The average Bonchev–Trinajstić information content (AvgIpc) is 2.30. The normalized spacial score (nSPS) is 15.5. The van der Waals surface area contributed by atoms with E-state index in [2.05, 4.69) is 18.8 Å². The van der Waals surface area contributed by atoms with Crippen molar-refractivity contribution in [1.29, 1.82) is 0 Å². The minimum Gasteiger partial charge on any atom is -0.343 e. The van der Waals surface area contributed by atoms with Crippen LogP contribution in [0.2, 0.25) is 0 Å². The molecule has 0 N–H and O–H groups in total. The fourth-order valence-corrected chi connectivity index (χ4v) is 1.36. The van der Waals surface area contributed by atoms with Crippen LogP contribution in [-0.4, -0.2) is 14.1 Å². The van der Waals surface area contributed by atoms with E-state index in [-0.39, 0.29) is 0 Å². The van der Waals surface area contributed by atoms with Crippen molar-refractivity contribution < 1.29 is 0 Å². The van der Waals surface area contributed by atoms with Crippen molar-refractivity contribution in [2.24, 2.45) is 0 Å². The Morgan fingerprint density at radius 2 is 1.45 bits per heavy atom. The largest absolute Gasteiger partial charge is 0.343 e. The van der Waals surface area contributed by atoms with Gasteiger partial charge in [0.1, 0.15) is 0 Å². The minimum absolute atomic E-state index is 1.22. The second-order valence-corrected chi connectivity index (χ2v) is 2.71. The van der Waals surface area contributed by atoms with Gasteiger partial charge in [0.05, 0.1) is 11.4 Å². The zero-order valence-electron chi connectivity index (χ0n) is 6.70. The highest BCUT2D eigenvalue weighted by molar-refractivity contribution is 5.77. The molecule has 1 aromatic rings. The van der Waals surface area contributed by atoms with Crippen molar-refractivity contribution in [3.05, 3.63) is 30.9 Å². The molecule has 0 amide bonds. The van der Waals surface area contributed by atoms with Gasteiger partial charge in [-0.15, -0.1) is 0 Å². The van der Waals surface area contributed by atoms with Gasteiger partial charge >= 0.3 is 0 Å². The van der Waals surface area contributed by atoms with E-state index in [0.717, 1.165) is 0 Å². The van der Waals surface area contributed by atoms with Crippen molar-refractivity contribution in [1.82, 2.24) is 0 Å². The molecule has 0 bridgehead atoms. The summed E-state index contributed by atoms with van der Waals surface area (Å²) in [6.07, 6.45) is 0. The molecule has 0 saturated carbocycles. The third kappa shape index (κ3) is 0.862. The first-order valence-electron chi connectivity index (χ1n) is 3.62. The van der Waals surface area contributed by atoms with Crippen LogP contribution in [0.4, 0.5) is 11.4 Å². The smallest absolute Gasteiger partial charge is 0.208 e. The van der Waals surface area contributed by atoms with Gasteiger partial charge in [0.15, 0.2) is 0 Å². The maximum absolute atomic E-state index is 3.15. The summed E-state index contributed by atoms with van der Waals surface area (Å²) in [4.78, 5) is 3.99. The first-order chi connectivity index (χ1) is 5.29. The molecule has 1 aromatic carbocycles. The van der Waals surface area contributed by atoms with E-state index < -0.39 is 0 Å². The molecule has 2 rings (SSSR count). The highest BCUT2D eigenvalue weighted by Crippen LogP contribution is 2.34. The Morgan fingerprint density at radius 3 is 1.91 bits per heavy atom. The quantitative estimate of drug-likeness (QED) is 0.548. The number of hydrogen-bond donors (Lipinski definition) is 0. The summed E-state index contributed by atoms with van der Waals surface area (Å²) < 4.78 is 0. The molecule has 2 radical (unpaired) electrons. The first-order valence-corrected chi connectivity index (χ1v) is 3.62. The molecular formula is C9H10N2. The van der Waals surface area contributed by atoms with E-state index in [1.165, 1.54) is 11.4 Å². The SMILES string of the molecule is CN1[C]N(C)c2ccccc21. The minimum atomic E-state index is 1.22. The van der Waals surface area contributed by atoms with Gasteiger partial charge < -0.3 is 9.80 Å². The van der Waals surface area contributed by atoms with E-state index >= 15 is 0 Å². The van der Waals surface area contributed by atoms with Crippen LogP contribution in [0.5, 0.6) is 0 Å². The lowest BCUT2D eigenvalue weighted by Gasteiger charge is -2.08. The summed E-state index contributed by atoms with van der Waals surface area (Å²) in [7, 11) is 4.00. The zero-order chi connectivity index (χ0) is 7.84. The van der Waals surface area contributed by atoms with Gasteiger partial charge in [-0.3, -0.25) is 0 Å². The molecule has 1 aliphatic heterocycles. The van der Waals surface area contributed by atoms with Gasteiger partial charge in [0.2, 0.25) is 6.67 Å². The van der Waals surface area contributed by atoms with E-state index in [1.54, 1.807) is 0 Å². The maximum Gasteiger partial charge on any atom is 0.208 e. The van der Waals surface area contributed by atoms with E-state index in [0.29, 0.717) is 0 Å².